The van der Waals surface area contributed by atoms with Crippen molar-refractivity contribution in [1.82, 2.24) is 9.80 Å². The molecule has 0 saturated carbocycles. The zero-order chi connectivity index (χ0) is 14.4. The van der Waals surface area contributed by atoms with E-state index in [0.717, 1.165) is 32.6 Å². The highest BCUT2D eigenvalue weighted by Gasteiger charge is 2.26. The van der Waals surface area contributed by atoms with Gasteiger partial charge in [-0.2, -0.15) is 0 Å². The van der Waals surface area contributed by atoms with Gasteiger partial charge in [-0.05, 0) is 18.5 Å². The van der Waals surface area contributed by atoms with E-state index in [9.17, 15) is 4.79 Å². The molecule has 1 aliphatic heterocycles. The minimum Gasteiger partial charge on any atom is -0.481 e. The number of hydrogen-bond donors (Lipinski definition) is 1. The molecule has 1 heterocycles. The average molecular weight is 276 g/mol. The average Bonchev–Trinajstić information content (AvgIpc) is 2.89. The zero-order valence-corrected chi connectivity index (χ0v) is 12.2. The van der Waals surface area contributed by atoms with Crippen LogP contribution in [0, 0.1) is 0 Å². The molecular formula is C16H24N2O2. The Labute approximate surface area is 121 Å². The van der Waals surface area contributed by atoms with E-state index in [1.54, 1.807) is 0 Å². The number of carboxylic acids is 1. The van der Waals surface area contributed by atoms with Crippen LogP contribution in [0.4, 0.5) is 0 Å². The molecule has 1 aliphatic rings. The van der Waals surface area contributed by atoms with Gasteiger partial charge in [-0.1, -0.05) is 37.3 Å². The molecule has 4 nitrogen and oxygen atoms in total. The van der Waals surface area contributed by atoms with Gasteiger partial charge in [-0.25, -0.2) is 0 Å². The fraction of sp³-hybridized carbons (Fsp3) is 0.562. The number of nitrogens with zero attached hydrogens (tertiary/aromatic N) is 2. The lowest BCUT2D eigenvalue weighted by Crippen LogP contribution is -2.38. The van der Waals surface area contributed by atoms with Crippen LogP contribution >= 0.6 is 0 Å². The Balaban J connectivity index is 1.82. The first-order valence-corrected chi connectivity index (χ1v) is 7.41. The van der Waals surface area contributed by atoms with Crippen LogP contribution in [0.3, 0.4) is 0 Å². The van der Waals surface area contributed by atoms with Crippen LogP contribution in [0.1, 0.15) is 25.3 Å². The number of carbonyl (C=O) groups is 1. The molecule has 0 aromatic heterocycles. The maximum absolute atomic E-state index is 10.7. The highest BCUT2D eigenvalue weighted by molar-refractivity contribution is 5.66. The summed E-state index contributed by atoms with van der Waals surface area (Å²) in [6.45, 7) is 6.84. The number of hydrogen-bond acceptors (Lipinski definition) is 3. The fourth-order valence-electron chi connectivity index (χ4n) is 2.93. The predicted octanol–water partition coefficient (Wildman–Crippen LogP) is 2.06. The topological polar surface area (TPSA) is 43.8 Å². The van der Waals surface area contributed by atoms with E-state index in [-0.39, 0.29) is 6.42 Å². The van der Waals surface area contributed by atoms with Gasteiger partial charge >= 0.3 is 5.97 Å². The Hall–Kier alpha value is -1.39. The van der Waals surface area contributed by atoms with E-state index in [0.29, 0.717) is 12.6 Å². The third kappa shape index (κ3) is 4.32. The molecule has 0 spiro atoms. The maximum Gasteiger partial charge on any atom is 0.304 e. The molecule has 1 saturated heterocycles. The number of benzene rings is 1. The van der Waals surface area contributed by atoms with Crippen LogP contribution in [0.15, 0.2) is 30.3 Å². The van der Waals surface area contributed by atoms with E-state index in [1.807, 2.05) is 6.07 Å². The number of carboxylic acid groups (broad SMARTS) is 1. The minimum absolute atomic E-state index is 0.239. The van der Waals surface area contributed by atoms with Crippen LogP contribution < -0.4 is 0 Å². The molecule has 20 heavy (non-hydrogen) atoms. The smallest absolute Gasteiger partial charge is 0.304 e. The molecule has 4 heteroatoms. The van der Waals surface area contributed by atoms with Crippen LogP contribution in [0.2, 0.25) is 0 Å². The summed E-state index contributed by atoms with van der Waals surface area (Å²) in [6.07, 6.45) is 1.38. The lowest BCUT2D eigenvalue weighted by molar-refractivity contribution is -0.137. The predicted molar refractivity (Wildman–Crippen MR) is 79.6 cm³/mol. The minimum atomic E-state index is -0.706. The van der Waals surface area contributed by atoms with E-state index in [4.69, 9.17) is 5.11 Å². The standard InChI is InChI=1S/C16H24N2O2/c1-2-18(11-9-16(19)20)15-8-10-17(13-15)12-14-6-4-3-5-7-14/h3-7,15H,2,8-13H2,1H3,(H,19,20). The summed E-state index contributed by atoms with van der Waals surface area (Å²) in [6, 6.07) is 11.0. The summed E-state index contributed by atoms with van der Waals surface area (Å²) in [5, 5.41) is 8.81. The molecule has 1 aromatic rings. The Morgan fingerprint density at radius 1 is 1.40 bits per heavy atom. The second-order valence-corrected chi connectivity index (χ2v) is 5.44. The van der Waals surface area contributed by atoms with Gasteiger partial charge in [0.15, 0.2) is 0 Å². The van der Waals surface area contributed by atoms with Gasteiger partial charge in [0.05, 0.1) is 6.42 Å². The molecule has 0 radical (unpaired) electrons. The Morgan fingerprint density at radius 2 is 2.15 bits per heavy atom. The summed E-state index contributed by atoms with van der Waals surface area (Å²) >= 11 is 0. The fourth-order valence-corrected chi connectivity index (χ4v) is 2.93. The maximum atomic E-state index is 10.7. The Kier molecular flexibility index (Phi) is 5.56. The lowest BCUT2D eigenvalue weighted by atomic mass is 10.2. The van der Waals surface area contributed by atoms with Crippen LogP contribution in [0.25, 0.3) is 0 Å². The van der Waals surface area contributed by atoms with E-state index in [2.05, 4.69) is 41.0 Å². The van der Waals surface area contributed by atoms with Crippen molar-refractivity contribution in [3.8, 4) is 0 Å². The van der Waals surface area contributed by atoms with E-state index < -0.39 is 5.97 Å². The van der Waals surface area contributed by atoms with Crippen LogP contribution in [0.5, 0.6) is 0 Å². The van der Waals surface area contributed by atoms with Gasteiger partial charge in [0, 0.05) is 32.2 Å². The number of aliphatic carboxylic acids is 1. The van der Waals surface area contributed by atoms with Crippen molar-refractivity contribution in [3.05, 3.63) is 35.9 Å². The van der Waals surface area contributed by atoms with Crippen molar-refractivity contribution in [2.24, 2.45) is 0 Å². The van der Waals surface area contributed by atoms with Gasteiger partial charge in [0.1, 0.15) is 0 Å². The molecule has 2 rings (SSSR count). The summed E-state index contributed by atoms with van der Waals surface area (Å²) in [5.74, 6) is -0.706. The second-order valence-electron chi connectivity index (χ2n) is 5.44. The lowest BCUT2D eigenvalue weighted by Gasteiger charge is -2.27. The van der Waals surface area contributed by atoms with Crippen molar-refractivity contribution < 1.29 is 9.90 Å². The number of likely N-dealkylation sites (tertiary alicyclic amines) is 1. The highest BCUT2D eigenvalue weighted by atomic mass is 16.4. The van der Waals surface area contributed by atoms with E-state index >= 15 is 0 Å². The molecule has 0 aliphatic carbocycles. The SMILES string of the molecule is CCN(CCC(=O)O)C1CCN(Cc2ccccc2)C1. The van der Waals surface area contributed by atoms with Gasteiger partial charge in [-0.15, -0.1) is 0 Å². The van der Waals surface area contributed by atoms with Gasteiger partial charge < -0.3 is 5.11 Å². The molecule has 110 valence electrons. The summed E-state index contributed by atoms with van der Waals surface area (Å²) in [7, 11) is 0. The molecule has 1 N–H and O–H groups in total. The van der Waals surface area contributed by atoms with Crippen molar-refractivity contribution in [2.45, 2.75) is 32.4 Å². The van der Waals surface area contributed by atoms with Crippen LogP contribution in [-0.4, -0.2) is 53.1 Å². The Morgan fingerprint density at radius 3 is 2.80 bits per heavy atom. The first-order valence-electron chi connectivity index (χ1n) is 7.41. The highest BCUT2D eigenvalue weighted by Crippen LogP contribution is 2.18. The van der Waals surface area contributed by atoms with Crippen molar-refractivity contribution >= 4 is 5.97 Å². The summed E-state index contributed by atoms with van der Waals surface area (Å²) in [4.78, 5) is 15.5. The molecule has 1 fully saturated rings. The van der Waals surface area contributed by atoms with Gasteiger partial charge in [-0.3, -0.25) is 14.6 Å². The number of likely N-dealkylation sites (N-methyl/N-ethyl adjacent to an activating group) is 1. The number of rotatable bonds is 7. The van der Waals surface area contributed by atoms with Crippen molar-refractivity contribution in [2.75, 3.05) is 26.2 Å². The second kappa shape index (κ2) is 7.41. The van der Waals surface area contributed by atoms with Crippen molar-refractivity contribution in [1.29, 1.82) is 0 Å². The molecule has 1 atom stereocenters. The zero-order valence-electron chi connectivity index (χ0n) is 12.2. The summed E-state index contributed by atoms with van der Waals surface area (Å²) in [5.41, 5.74) is 1.35. The van der Waals surface area contributed by atoms with Crippen LogP contribution in [-0.2, 0) is 11.3 Å². The quantitative estimate of drug-likeness (QED) is 0.828. The molecule has 1 unspecified atom stereocenters. The first kappa shape index (κ1) is 15.0. The monoisotopic (exact) mass is 276 g/mol. The Bertz CT molecular complexity index is 422. The normalized spacial score (nSPS) is 19.6. The molecule has 0 amide bonds. The van der Waals surface area contributed by atoms with Gasteiger partial charge in [0.25, 0.3) is 0 Å². The molecule has 0 bridgehead atoms. The largest absolute Gasteiger partial charge is 0.481 e. The van der Waals surface area contributed by atoms with E-state index in [1.165, 1.54) is 5.56 Å². The first-order chi connectivity index (χ1) is 9.69. The third-order valence-electron chi connectivity index (χ3n) is 4.03. The molecular weight excluding hydrogens is 252 g/mol. The molecule has 1 aromatic carbocycles. The third-order valence-corrected chi connectivity index (χ3v) is 4.03. The van der Waals surface area contributed by atoms with Gasteiger partial charge in [0.2, 0.25) is 0 Å². The summed E-state index contributed by atoms with van der Waals surface area (Å²) < 4.78 is 0. The van der Waals surface area contributed by atoms with Crippen molar-refractivity contribution in [3.63, 3.8) is 0 Å².